The van der Waals surface area contributed by atoms with Crippen LogP contribution in [0.5, 0.6) is 0 Å². The minimum absolute atomic E-state index is 0.314. The molecule has 5 nitrogen and oxygen atoms in total. The van der Waals surface area contributed by atoms with Crippen LogP contribution in [0, 0.1) is 0 Å². The van der Waals surface area contributed by atoms with E-state index in [0.717, 1.165) is 5.56 Å². The van der Waals surface area contributed by atoms with Crippen LogP contribution in [0.2, 0.25) is 0 Å². The maximum absolute atomic E-state index is 11.5. The highest BCUT2D eigenvalue weighted by Crippen LogP contribution is 2.08. The Labute approximate surface area is 112 Å². The van der Waals surface area contributed by atoms with Gasteiger partial charge >= 0.3 is 11.9 Å². The van der Waals surface area contributed by atoms with Gasteiger partial charge in [-0.3, -0.25) is 4.79 Å². The van der Waals surface area contributed by atoms with Crippen molar-refractivity contribution < 1.29 is 19.1 Å². The smallest absolute Gasteiger partial charge is 0.338 e. The molecule has 1 aromatic carbocycles. The second kappa shape index (κ2) is 7.53. The molecule has 1 aromatic rings. The fraction of sp³-hybridized carbons (Fsp3) is 0.429. The van der Waals surface area contributed by atoms with E-state index in [-0.39, 0.29) is 5.97 Å². The third-order valence-corrected chi connectivity index (χ3v) is 2.51. The lowest BCUT2D eigenvalue weighted by atomic mass is 10.0. The zero-order valence-corrected chi connectivity index (χ0v) is 11.2. The quantitative estimate of drug-likeness (QED) is 0.784. The van der Waals surface area contributed by atoms with Crippen LogP contribution in [0.3, 0.4) is 0 Å². The van der Waals surface area contributed by atoms with E-state index in [9.17, 15) is 9.59 Å². The van der Waals surface area contributed by atoms with Crippen LogP contribution in [0.25, 0.3) is 0 Å². The van der Waals surface area contributed by atoms with Crippen LogP contribution in [0.15, 0.2) is 24.3 Å². The molecule has 0 radical (unpaired) electrons. The van der Waals surface area contributed by atoms with Crippen molar-refractivity contribution >= 4 is 11.9 Å². The molecule has 1 unspecified atom stereocenters. The third-order valence-electron chi connectivity index (χ3n) is 2.51. The summed E-state index contributed by atoms with van der Waals surface area (Å²) in [6.45, 7) is 4.14. The van der Waals surface area contributed by atoms with E-state index in [2.05, 4.69) is 0 Å². The summed E-state index contributed by atoms with van der Waals surface area (Å²) in [6, 6.07) is 6.14. The van der Waals surface area contributed by atoms with Gasteiger partial charge in [0.1, 0.15) is 6.04 Å². The predicted molar refractivity (Wildman–Crippen MR) is 70.7 cm³/mol. The number of hydrogen-bond acceptors (Lipinski definition) is 5. The van der Waals surface area contributed by atoms with Crippen molar-refractivity contribution in [2.24, 2.45) is 5.73 Å². The van der Waals surface area contributed by atoms with Crippen molar-refractivity contribution in [2.45, 2.75) is 26.3 Å². The molecule has 0 aliphatic carbocycles. The fourth-order valence-electron chi connectivity index (χ4n) is 1.58. The average molecular weight is 265 g/mol. The Morgan fingerprint density at radius 1 is 1.11 bits per heavy atom. The van der Waals surface area contributed by atoms with Crippen LogP contribution < -0.4 is 5.73 Å². The van der Waals surface area contributed by atoms with Gasteiger partial charge in [0.25, 0.3) is 0 Å². The highest BCUT2D eigenvalue weighted by Gasteiger charge is 2.15. The summed E-state index contributed by atoms with van der Waals surface area (Å²) in [5.74, 6) is -0.777. The van der Waals surface area contributed by atoms with Gasteiger partial charge in [-0.25, -0.2) is 4.79 Å². The van der Waals surface area contributed by atoms with Gasteiger partial charge in [-0.2, -0.15) is 0 Å². The molecule has 104 valence electrons. The summed E-state index contributed by atoms with van der Waals surface area (Å²) in [6.07, 6.45) is 0.377. The van der Waals surface area contributed by atoms with Gasteiger partial charge in [0.2, 0.25) is 0 Å². The molecular weight excluding hydrogens is 246 g/mol. The summed E-state index contributed by atoms with van der Waals surface area (Å²) in [7, 11) is 0. The third kappa shape index (κ3) is 4.71. The number of esters is 2. The van der Waals surface area contributed by atoms with Crippen molar-refractivity contribution in [2.75, 3.05) is 13.2 Å². The normalized spacial score (nSPS) is 11.7. The molecule has 1 rings (SSSR count). The molecule has 0 aromatic heterocycles. The van der Waals surface area contributed by atoms with Crippen LogP contribution in [-0.2, 0) is 20.7 Å². The van der Waals surface area contributed by atoms with E-state index in [1.54, 1.807) is 38.1 Å². The maximum Gasteiger partial charge on any atom is 0.338 e. The van der Waals surface area contributed by atoms with Gasteiger partial charge in [-0.15, -0.1) is 0 Å². The molecule has 0 heterocycles. The van der Waals surface area contributed by atoms with Crippen molar-refractivity contribution in [3.8, 4) is 0 Å². The summed E-state index contributed by atoms with van der Waals surface area (Å²) >= 11 is 0. The van der Waals surface area contributed by atoms with Crippen molar-refractivity contribution in [1.82, 2.24) is 0 Å². The van der Waals surface area contributed by atoms with Gasteiger partial charge in [-0.05, 0) is 38.0 Å². The monoisotopic (exact) mass is 265 g/mol. The minimum Gasteiger partial charge on any atom is -0.465 e. The van der Waals surface area contributed by atoms with Crippen molar-refractivity contribution in [1.29, 1.82) is 0 Å². The molecule has 0 saturated heterocycles. The number of carbonyl (C=O) groups excluding carboxylic acids is 2. The molecule has 0 saturated carbocycles. The molecule has 0 bridgehead atoms. The molecule has 0 amide bonds. The molecular formula is C14H19NO4. The van der Waals surface area contributed by atoms with Gasteiger partial charge < -0.3 is 15.2 Å². The second-order valence-corrected chi connectivity index (χ2v) is 3.98. The Bertz CT molecular complexity index is 428. The van der Waals surface area contributed by atoms with Crippen LogP contribution in [0.1, 0.15) is 29.8 Å². The van der Waals surface area contributed by atoms with E-state index >= 15 is 0 Å². The summed E-state index contributed by atoms with van der Waals surface area (Å²) in [4.78, 5) is 22.8. The van der Waals surface area contributed by atoms with Crippen LogP contribution in [-0.4, -0.2) is 31.2 Å². The minimum atomic E-state index is -0.687. The van der Waals surface area contributed by atoms with E-state index in [1.165, 1.54) is 0 Å². The van der Waals surface area contributed by atoms with Gasteiger partial charge in [0.15, 0.2) is 0 Å². The Hall–Kier alpha value is -1.88. The Morgan fingerprint density at radius 2 is 1.68 bits per heavy atom. The first-order valence-electron chi connectivity index (χ1n) is 6.26. The standard InChI is InChI=1S/C14H19NO4/c1-3-18-13(16)11-7-5-10(6-8-11)9-12(15)14(17)19-4-2/h5-8,12H,3-4,9,15H2,1-2H3. The molecule has 2 N–H and O–H groups in total. The predicted octanol–water partition coefficient (Wildman–Crippen LogP) is 1.30. The zero-order valence-electron chi connectivity index (χ0n) is 11.2. The average Bonchev–Trinajstić information content (AvgIpc) is 2.40. The lowest BCUT2D eigenvalue weighted by molar-refractivity contribution is -0.144. The Kier molecular flexibility index (Phi) is 6.02. The summed E-state index contributed by atoms with van der Waals surface area (Å²) < 4.78 is 9.71. The topological polar surface area (TPSA) is 78.6 Å². The molecule has 0 spiro atoms. The van der Waals surface area contributed by atoms with E-state index < -0.39 is 12.0 Å². The maximum atomic E-state index is 11.5. The second-order valence-electron chi connectivity index (χ2n) is 3.98. The molecule has 0 fully saturated rings. The SMILES string of the molecule is CCOC(=O)c1ccc(CC(N)C(=O)OCC)cc1. The zero-order chi connectivity index (χ0) is 14.3. The number of carbonyl (C=O) groups is 2. The van der Waals surface area contributed by atoms with Gasteiger partial charge in [0, 0.05) is 0 Å². The highest BCUT2D eigenvalue weighted by molar-refractivity contribution is 5.89. The van der Waals surface area contributed by atoms with Gasteiger partial charge in [0.05, 0.1) is 18.8 Å². The van der Waals surface area contributed by atoms with Gasteiger partial charge in [-0.1, -0.05) is 12.1 Å². The lowest BCUT2D eigenvalue weighted by Crippen LogP contribution is -2.34. The number of rotatable bonds is 6. The van der Waals surface area contributed by atoms with Crippen molar-refractivity contribution in [3.05, 3.63) is 35.4 Å². The number of ether oxygens (including phenoxy) is 2. The van der Waals surface area contributed by atoms with Crippen molar-refractivity contribution in [3.63, 3.8) is 0 Å². The lowest BCUT2D eigenvalue weighted by Gasteiger charge is -2.10. The molecule has 5 heteroatoms. The first-order chi connectivity index (χ1) is 9.08. The first kappa shape index (κ1) is 15.2. The van der Waals surface area contributed by atoms with E-state index in [0.29, 0.717) is 25.2 Å². The fourth-order valence-corrected chi connectivity index (χ4v) is 1.58. The number of benzene rings is 1. The first-order valence-corrected chi connectivity index (χ1v) is 6.26. The van der Waals surface area contributed by atoms with E-state index in [1.807, 2.05) is 0 Å². The highest BCUT2D eigenvalue weighted by atomic mass is 16.5. The Morgan fingerprint density at radius 3 is 2.21 bits per heavy atom. The van der Waals surface area contributed by atoms with Crippen LogP contribution in [0.4, 0.5) is 0 Å². The van der Waals surface area contributed by atoms with Crippen LogP contribution >= 0.6 is 0 Å². The molecule has 19 heavy (non-hydrogen) atoms. The Balaban J connectivity index is 2.61. The number of nitrogens with two attached hydrogens (primary N) is 1. The summed E-state index contributed by atoms with van der Waals surface area (Å²) in [5.41, 5.74) is 7.07. The summed E-state index contributed by atoms with van der Waals surface area (Å²) in [5, 5.41) is 0. The molecule has 1 atom stereocenters. The van der Waals surface area contributed by atoms with E-state index in [4.69, 9.17) is 15.2 Å². The molecule has 0 aliphatic rings. The largest absolute Gasteiger partial charge is 0.465 e. The number of hydrogen-bond donors (Lipinski definition) is 1. The molecule has 0 aliphatic heterocycles.